The van der Waals surface area contributed by atoms with Crippen LogP contribution in [0.1, 0.15) is 163 Å². The first-order valence-electron chi connectivity index (χ1n) is 28.3. The third-order valence-corrected chi connectivity index (χ3v) is 18.8. The number of nitrogens with one attached hydrogen (secondary N) is 2. The van der Waals surface area contributed by atoms with E-state index in [2.05, 4.69) is 10.6 Å². The summed E-state index contributed by atoms with van der Waals surface area (Å²) in [4.78, 5) is 99.3. The van der Waals surface area contributed by atoms with Gasteiger partial charge in [-0.3, -0.25) is 14.6 Å². The molecule has 6 heterocycles. The van der Waals surface area contributed by atoms with E-state index in [4.69, 9.17) is 62.6 Å². The summed E-state index contributed by atoms with van der Waals surface area (Å²) in [5.41, 5.74) is 6.86. The number of hydrogen-bond acceptors (Lipinski definition) is 17. The molecule has 0 unspecified atom stereocenters. The third-order valence-electron chi connectivity index (χ3n) is 13.7. The highest BCUT2D eigenvalue weighted by molar-refractivity contribution is 7.20. The van der Waals surface area contributed by atoms with E-state index in [9.17, 15) is 28.8 Å². The highest BCUT2D eigenvalue weighted by atomic mass is 35.5. The quantitative estimate of drug-likeness (QED) is 0.0494. The summed E-state index contributed by atoms with van der Waals surface area (Å²) in [6.07, 6.45) is 2.45. The highest BCUT2D eigenvalue weighted by Gasteiger charge is 2.39. The van der Waals surface area contributed by atoms with Gasteiger partial charge in [0.2, 0.25) is 5.91 Å². The fourth-order valence-electron chi connectivity index (χ4n) is 10.3. The van der Waals surface area contributed by atoms with E-state index in [1.54, 1.807) is 118 Å². The van der Waals surface area contributed by atoms with E-state index >= 15 is 0 Å². The van der Waals surface area contributed by atoms with Crippen molar-refractivity contribution in [2.24, 2.45) is 5.73 Å². The third kappa shape index (κ3) is 16.4. The normalized spacial score (nSPS) is 17.5. The first-order chi connectivity index (χ1) is 40.1. The van der Waals surface area contributed by atoms with Crippen molar-refractivity contribution >= 4 is 137 Å². The Bertz CT molecular complexity index is 3620. The molecular formula is C62H75Cl2N7O11S4. The molecule has 0 aromatic carbocycles. The van der Waals surface area contributed by atoms with E-state index in [1.165, 1.54) is 45.3 Å². The first-order valence-corrected chi connectivity index (χ1v) is 32.4. The Hall–Kier alpha value is -6.30. The number of nitrogens with two attached hydrogens (primary N) is 1. The maximum atomic E-state index is 14.8. The lowest BCUT2D eigenvalue weighted by Crippen LogP contribution is -2.44. The number of amides is 5. The Morgan fingerprint density at radius 1 is 0.640 bits per heavy atom. The van der Waals surface area contributed by atoms with Crippen molar-refractivity contribution in [1.82, 2.24) is 20.6 Å². The van der Waals surface area contributed by atoms with Gasteiger partial charge >= 0.3 is 30.3 Å². The second-order valence-corrected chi connectivity index (χ2v) is 30.4. The van der Waals surface area contributed by atoms with Gasteiger partial charge in [-0.2, -0.15) is 0 Å². The van der Waals surface area contributed by atoms with Gasteiger partial charge in [0.15, 0.2) is 0 Å². The number of esters is 1. The standard InChI is InChI=1S/C62H75Cl2N7O11S4/c1-15-78-54(73)34-19-23-39(42(26-34)67-56(75)80-60(6,7)8)50-40(48-52(86-50)44(29-46(64)69-48)70(30-36-17-16-24-83-36)57(76)81-61(9,10)11)27-35-20-21-37(84-35)31-71(58(77)82-62(12,13)14)43-28-45(63)68-47-32(2)49(85-51(43)47)38-22-18-33(53(65)72)25-41(38)66-55(74)79-59(3,4)5/h16-21,24,28-29,38-39,41-42H,15,22-23,25-27,30-31H2,1-14H3,(H2,65,72)(H,66,74)(H,67,75)/t38-,39-,41-,42-/m0/s1. The number of fused-ring (bicyclic) bond motifs is 2. The van der Waals surface area contributed by atoms with Gasteiger partial charge in [0, 0.05) is 84.4 Å². The van der Waals surface area contributed by atoms with Gasteiger partial charge in [0.25, 0.3) is 0 Å². The van der Waals surface area contributed by atoms with Crippen LogP contribution in [0.3, 0.4) is 0 Å². The Kier molecular flexibility index (Phi) is 20.0. The minimum absolute atomic E-state index is 0.0449. The molecule has 0 fully saturated rings. The van der Waals surface area contributed by atoms with Crippen LogP contribution in [-0.4, -0.2) is 87.3 Å². The lowest BCUT2D eigenvalue weighted by molar-refractivity contribution is -0.138. The fraction of sp³-hybridized carbons (Fsp3) is 0.484. The average molecular weight is 1290 g/mol. The molecule has 6 aromatic heterocycles. The minimum atomic E-state index is -0.899. The zero-order valence-electron chi connectivity index (χ0n) is 50.9. The number of carbonyl (C=O) groups excluding carboxylic acids is 6. The number of anilines is 2. The molecule has 4 atom stereocenters. The number of carbonyl (C=O) groups is 6. The number of thiophene rings is 4. The summed E-state index contributed by atoms with van der Waals surface area (Å²) in [6.45, 7) is 25.5. The zero-order chi connectivity index (χ0) is 63.0. The van der Waals surface area contributed by atoms with Gasteiger partial charge in [0.1, 0.15) is 32.7 Å². The van der Waals surface area contributed by atoms with Crippen molar-refractivity contribution in [3.63, 3.8) is 0 Å². The summed E-state index contributed by atoms with van der Waals surface area (Å²) in [5, 5.41) is 8.32. The van der Waals surface area contributed by atoms with E-state index in [1.807, 2.05) is 42.6 Å². The molecule has 86 heavy (non-hydrogen) atoms. The van der Waals surface area contributed by atoms with Crippen LogP contribution in [0.2, 0.25) is 10.3 Å². The number of rotatable bonds is 15. The van der Waals surface area contributed by atoms with Crippen LogP contribution >= 0.6 is 68.5 Å². The predicted octanol–water partition coefficient (Wildman–Crippen LogP) is 15.6. The van der Waals surface area contributed by atoms with Crippen molar-refractivity contribution < 1.29 is 52.5 Å². The number of pyridine rings is 2. The molecule has 24 heteroatoms. The molecule has 4 N–H and O–H groups in total. The lowest BCUT2D eigenvalue weighted by Gasteiger charge is -2.32. The summed E-state index contributed by atoms with van der Waals surface area (Å²) in [5.74, 6) is -1.83. The molecule has 0 saturated carbocycles. The second-order valence-electron chi connectivity index (χ2n) is 25.2. The maximum Gasteiger partial charge on any atom is 0.415 e. The van der Waals surface area contributed by atoms with E-state index in [0.29, 0.717) is 62.2 Å². The van der Waals surface area contributed by atoms with Gasteiger partial charge in [0.05, 0.1) is 51.5 Å². The van der Waals surface area contributed by atoms with Crippen LogP contribution in [-0.2, 0) is 52.8 Å². The number of hydrogen-bond donors (Lipinski definition) is 3. The van der Waals surface area contributed by atoms with E-state index < -0.39 is 76.7 Å². The smallest absolute Gasteiger partial charge is 0.415 e. The summed E-state index contributed by atoms with van der Waals surface area (Å²) >= 11 is 19.8. The average Bonchev–Trinajstić information content (AvgIpc) is 1.62. The number of alkyl carbamates (subject to hydrolysis) is 2. The maximum absolute atomic E-state index is 14.8. The van der Waals surface area contributed by atoms with Crippen molar-refractivity contribution in [3.05, 3.63) is 111 Å². The second kappa shape index (κ2) is 26.2. The molecule has 0 bridgehead atoms. The number of allylic oxidation sites excluding steroid dienone is 2. The number of nitrogens with zero attached hydrogens (tertiary/aromatic N) is 4. The molecule has 0 aliphatic heterocycles. The number of aromatic nitrogens is 2. The summed E-state index contributed by atoms with van der Waals surface area (Å²) < 4.78 is 30.4. The fourth-order valence-corrected chi connectivity index (χ4v) is 15.3. The van der Waals surface area contributed by atoms with Crippen molar-refractivity contribution in [2.45, 2.75) is 188 Å². The largest absolute Gasteiger partial charge is 0.463 e. The van der Waals surface area contributed by atoms with Crippen LogP contribution in [0.15, 0.2) is 65.1 Å². The van der Waals surface area contributed by atoms with Crippen LogP contribution in [0.4, 0.5) is 30.6 Å². The minimum Gasteiger partial charge on any atom is -0.463 e. The van der Waals surface area contributed by atoms with Gasteiger partial charge < -0.3 is 40.1 Å². The van der Waals surface area contributed by atoms with Crippen LogP contribution in [0.5, 0.6) is 0 Å². The van der Waals surface area contributed by atoms with Gasteiger partial charge in [-0.25, -0.2) is 33.9 Å². The monoisotopic (exact) mass is 1290 g/mol. The number of aryl methyl sites for hydroxylation is 1. The molecule has 6 aromatic rings. The van der Waals surface area contributed by atoms with Crippen LogP contribution in [0, 0.1) is 6.92 Å². The molecule has 2 aliphatic rings. The Morgan fingerprint density at radius 3 is 1.63 bits per heavy atom. The molecule has 0 spiro atoms. The zero-order valence-corrected chi connectivity index (χ0v) is 55.7. The molecule has 462 valence electrons. The molecule has 8 rings (SSSR count). The van der Waals surface area contributed by atoms with E-state index in [0.717, 1.165) is 35.5 Å². The topological polar surface area (TPSA) is 231 Å². The SMILES string of the molecule is CCOC(=O)C1=CC[C@H](c2sc3c(N(Cc4cccs4)C(=O)OC(C)(C)C)cc(Cl)nc3c2Cc2ccc(CN(C(=O)OC(C)(C)C)c3cc(Cl)nc4c(C)c([C@H]5CC=C(C(N)=O)C[C@@H]5NC(=O)OC(C)(C)C)sc34)s2)[C@@H](NC(=O)OC(C)(C)C)C1. The molecular weight excluding hydrogens is 1220 g/mol. The van der Waals surface area contributed by atoms with Gasteiger partial charge in [-0.05, 0) is 151 Å². The van der Waals surface area contributed by atoms with Crippen molar-refractivity contribution in [2.75, 3.05) is 16.4 Å². The summed E-state index contributed by atoms with van der Waals surface area (Å²) in [7, 11) is 0. The summed E-state index contributed by atoms with van der Waals surface area (Å²) in [6, 6.07) is 9.88. The number of ether oxygens (including phenoxy) is 5. The molecule has 5 amide bonds. The first kappa shape index (κ1) is 65.7. The Balaban J connectivity index is 1.24. The lowest BCUT2D eigenvalue weighted by atomic mass is 9.82. The number of halogens is 2. The molecule has 18 nitrogen and oxygen atoms in total. The predicted molar refractivity (Wildman–Crippen MR) is 343 cm³/mol. The van der Waals surface area contributed by atoms with Crippen molar-refractivity contribution in [3.8, 4) is 0 Å². The van der Waals surface area contributed by atoms with Crippen LogP contribution in [0.25, 0.3) is 20.4 Å². The van der Waals surface area contributed by atoms with Crippen LogP contribution < -0.4 is 26.2 Å². The van der Waals surface area contributed by atoms with E-state index in [-0.39, 0.29) is 48.8 Å². The van der Waals surface area contributed by atoms with Gasteiger partial charge in [-0.15, -0.1) is 45.3 Å². The molecule has 0 radical (unpaired) electrons. The molecule has 2 aliphatic carbocycles. The Morgan fingerprint density at radius 2 is 1.12 bits per heavy atom. The van der Waals surface area contributed by atoms with Gasteiger partial charge in [-0.1, -0.05) is 41.4 Å². The van der Waals surface area contributed by atoms with Crippen molar-refractivity contribution in [1.29, 1.82) is 0 Å². The molecule has 0 saturated heterocycles. The Labute approximate surface area is 527 Å². The number of primary amides is 1. The highest BCUT2D eigenvalue weighted by Crippen LogP contribution is 2.49.